The minimum atomic E-state index is -0.301. The van der Waals surface area contributed by atoms with Crippen LogP contribution in [-0.4, -0.2) is 11.0 Å². The minimum absolute atomic E-state index is 0.246. The Kier molecular flexibility index (Phi) is 7.01. The lowest BCUT2D eigenvalue weighted by Gasteiger charge is -2.10. The van der Waals surface area contributed by atoms with Crippen molar-refractivity contribution in [1.29, 1.82) is 0 Å². The van der Waals surface area contributed by atoms with E-state index in [1.807, 2.05) is 30.3 Å². The summed E-state index contributed by atoms with van der Waals surface area (Å²) in [6.07, 6.45) is 3.11. The van der Waals surface area contributed by atoms with E-state index in [1.165, 1.54) is 6.08 Å². The van der Waals surface area contributed by atoms with Crippen molar-refractivity contribution < 1.29 is 4.79 Å². The van der Waals surface area contributed by atoms with E-state index in [-0.39, 0.29) is 11.0 Å². The molecular weight excluding hydrogens is 511 g/mol. The average Bonchev–Trinajstić information content (AvgIpc) is 2.49. The average molecular weight is 522 g/mol. The Morgan fingerprint density at radius 3 is 2.57 bits per heavy atom. The predicted molar refractivity (Wildman–Crippen MR) is 112 cm³/mol. The standard InChI is InChI=1S/C16H11BrClIN2OS/c17-11-4-7-14(13(19)9-11)20-16(23)21-15(22)8-3-10-1-5-12(18)6-2-10/h1-9H,(H2,20,21,22,23). The fraction of sp³-hybridized carbons (Fsp3) is 0. The van der Waals surface area contributed by atoms with E-state index in [0.717, 1.165) is 19.3 Å². The van der Waals surface area contributed by atoms with Crippen molar-refractivity contribution in [3.63, 3.8) is 0 Å². The summed E-state index contributed by atoms with van der Waals surface area (Å²) >= 11 is 16.5. The molecule has 23 heavy (non-hydrogen) atoms. The summed E-state index contributed by atoms with van der Waals surface area (Å²) in [5.74, 6) is -0.301. The molecule has 2 aromatic carbocycles. The summed E-state index contributed by atoms with van der Waals surface area (Å²) in [5, 5.41) is 6.50. The zero-order valence-electron chi connectivity index (χ0n) is 11.6. The van der Waals surface area contributed by atoms with Crippen LogP contribution in [0.25, 0.3) is 6.08 Å². The number of thiocarbonyl (C=S) groups is 1. The maximum absolute atomic E-state index is 11.9. The fourth-order valence-corrected chi connectivity index (χ4v) is 3.42. The molecule has 0 aromatic heterocycles. The maximum Gasteiger partial charge on any atom is 0.250 e. The van der Waals surface area contributed by atoms with Gasteiger partial charge in [-0.05, 0) is 76.8 Å². The number of hydrogen-bond acceptors (Lipinski definition) is 2. The van der Waals surface area contributed by atoms with Crippen molar-refractivity contribution in [1.82, 2.24) is 5.32 Å². The van der Waals surface area contributed by atoms with Crippen LogP contribution in [0.15, 0.2) is 53.0 Å². The Labute approximate surface area is 166 Å². The lowest BCUT2D eigenvalue weighted by atomic mass is 10.2. The van der Waals surface area contributed by atoms with Gasteiger partial charge in [-0.3, -0.25) is 10.1 Å². The van der Waals surface area contributed by atoms with Crippen LogP contribution in [0.2, 0.25) is 5.02 Å². The first-order chi connectivity index (χ1) is 10.9. The first-order valence-electron chi connectivity index (χ1n) is 6.45. The molecule has 0 saturated carbocycles. The zero-order chi connectivity index (χ0) is 16.8. The minimum Gasteiger partial charge on any atom is -0.332 e. The first-order valence-corrected chi connectivity index (χ1v) is 9.10. The molecule has 0 heterocycles. The SMILES string of the molecule is O=C(C=Cc1ccc(Cl)cc1)NC(=S)Nc1ccc(Br)cc1I. The third kappa shape index (κ3) is 6.21. The van der Waals surface area contributed by atoms with E-state index < -0.39 is 0 Å². The van der Waals surface area contributed by atoms with Gasteiger partial charge in [0.05, 0.1) is 5.69 Å². The van der Waals surface area contributed by atoms with Crippen molar-refractivity contribution in [2.75, 3.05) is 5.32 Å². The fourth-order valence-electron chi connectivity index (χ4n) is 1.64. The van der Waals surface area contributed by atoms with E-state index >= 15 is 0 Å². The largest absolute Gasteiger partial charge is 0.332 e. The van der Waals surface area contributed by atoms with Crippen molar-refractivity contribution in [3.8, 4) is 0 Å². The van der Waals surface area contributed by atoms with Gasteiger partial charge >= 0.3 is 0 Å². The second kappa shape index (κ2) is 8.77. The second-order valence-corrected chi connectivity index (χ2v) is 7.37. The topological polar surface area (TPSA) is 41.1 Å². The van der Waals surface area contributed by atoms with Gasteiger partial charge in [0.15, 0.2) is 5.11 Å². The van der Waals surface area contributed by atoms with Crippen molar-refractivity contribution in [2.45, 2.75) is 0 Å². The molecule has 3 nitrogen and oxygen atoms in total. The van der Waals surface area contributed by atoms with Gasteiger partial charge in [-0.1, -0.05) is 39.7 Å². The summed E-state index contributed by atoms with van der Waals surface area (Å²) in [7, 11) is 0. The molecule has 118 valence electrons. The van der Waals surface area contributed by atoms with Crippen molar-refractivity contribution >= 4 is 85.1 Å². The number of nitrogens with one attached hydrogen (secondary N) is 2. The zero-order valence-corrected chi connectivity index (χ0v) is 17.0. The van der Waals surface area contributed by atoms with Gasteiger partial charge in [0, 0.05) is 19.1 Å². The molecule has 0 aliphatic heterocycles. The highest BCUT2D eigenvalue weighted by molar-refractivity contribution is 14.1. The summed E-state index contributed by atoms with van der Waals surface area (Å²) in [4.78, 5) is 11.9. The third-order valence-corrected chi connectivity index (χ3v) is 4.56. The molecule has 0 spiro atoms. The van der Waals surface area contributed by atoms with Gasteiger partial charge in [0.1, 0.15) is 0 Å². The predicted octanol–water partition coefficient (Wildman–Crippen LogP) is 5.23. The van der Waals surface area contributed by atoms with Crippen LogP contribution in [0.1, 0.15) is 5.56 Å². The van der Waals surface area contributed by atoms with Gasteiger partial charge in [-0.25, -0.2) is 0 Å². The number of hydrogen-bond donors (Lipinski definition) is 2. The maximum atomic E-state index is 11.9. The molecule has 0 fully saturated rings. The Hall–Kier alpha value is -0.960. The number of rotatable bonds is 3. The number of anilines is 1. The van der Waals surface area contributed by atoms with Crippen LogP contribution < -0.4 is 10.6 Å². The Balaban J connectivity index is 1.91. The molecule has 0 aliphatic rings. The number of amides is 1. The summed E-state index contributed by atoms with van der Waals surface area (Å²) in [6.45, 7) is 0. The van der Waals surface area contributed by atoms with Crippen LogP contribution in [0.3, 0.4) is 0 Å². The quantitative estimate of drug-likeness (QED) is 0.330. The molecule has 2 aromatic rings. The molecule has 0 radical (unpaired) electrons. The van der Waals surface area contributed by atoms with E-state index in [4.69, 9.17) is 23.8 Å². The molecule has 2 N–H and O–H groups in total. The normalized spacial score (nSPS) is 10.6. The molecular formula is C16H11BrClIN2OS. The molecule has 7 heteroatoms. The van der Waals surface area contributed by atoms with Crippen molar-refractivity contribution in [3.05, 3.63) is 67.2 Å². The number of carbonyl (C=O) groups is 1. The summed E-state index contributed by atoms with van der Waals surface area (Å²) in [6, 6.07) is 12.9. The number of halogens is 3. The molecule has 0 saturated heterocycles. The highest BCUT2D eigenvalue weighted by atomic mass is 127. The monoisotopic (exact) mass is 520 g/mol. The Bertz CT molecular complexity index is 765. The van der Waals surface area contributed by atoms with Gasteiger partial charge in [0.2, 0.25) is 5.91 Å². The van der Waals surface area contributed by atoms with Crippen LogP contribution >= 0.6 is 62.3 Å². The second-order valence-electron chi connectivity index (χ2n) is 4.45. The van der Waals surface area contributed by atoms with Gasteiger partial charge < -0.3 is 5.32 Å². The smallest absolute Gasteiger partial charge is 0.250 e. The van der Waals surface area contributed by atoms with Crippen LogP contribution in [0, 0.1) is 3.57 Å². The highest BCUT2D eigenvalue weighted by Gasteiger charge is 2.05. The lowest BCUT2D eigenvalue weighted by molar-refractivity contribution is -0.115. The molecule has 1 amide bonds. The van der Waals surface area contributed by atoms with E-state index in [1.54, 1.807) is 18.2 Å². The lowest BCUT2D eigenvalue weighted by Crippen LogP contribution is -2.33. The Morgan fingerprint density at radius 2 is 1.91 bits per heavy atom. The van der Waals surface area contributed by atoms with Crippen molar-refractivity contribution in [2.24, 2.45) is 0 Å². The number of carbonyl (C=O) groups excluding carboxylic acids is 1. The molecule has 0 unspecified atom stereocenters. The van der Waals surface area contributed by atoms with Crippen LogP contribution in [0.4, 0.5) is 5.69 Å². The van der Waals surface area contributed by atoms with E-state index in [0.29, 0.717) is 5.02 Å². The number of benzene rings is 2. The van der Waals surface area contributed by atoms with E-state index in [9.17, 15) is 4.79 Å². The highest BCUT2D eigenvalue weighted by Crippen LogP contribution is 2.22. The van der Waals surface area contributed by atoms with Crippen LogP contribution in [-0.2, 0) is 4.79 Å². The van der Waals surface area contributed by atoms with E-state index in [2.05, 4.69) is 49.2 Å². The van der Waals surface area contributed by atoms with Gasteiger partial charge in [-0.2, -0.15) is 0 Å². The molecule has 0 bridgehead atoms. The summed E-state index contributed by atoms with van der Waals surface area (Å²) in [5.41, 5.74) is 1.71. The van der Waals surface area contributed by atoms with Crippen LogP contribution in [0.5, 0.6) is 0 Å². The van der Waals surface area contributed by atoms with Gasteiger partial charge in [0.25, 0.3) is 0 Å². The molecule has 0 atom stereocenters. The Morgan fingerprint density at radius 1 is 1.22 bits per heavy atom. The van der Waals surface area contributed by atoms with Gasteiger partial charge in [-0.15, -0.1) is 0 Å². The third-order valence-electron chi connectivity index (χ3n) is 2.71. The molecule has 0 aliphatic carbocycles. The molecule has 2 rings (SSSR count). The summed E-state index contributed by atoms with van der Waals surface area (Å²) < 4.78 is 1.97. The first kappa shape index (κ1) is 18.4.